The highest BCUT2D eigenvalue weighted by atomic mass is 28.2. The lowest BCUT2D eigenvalue weighted by Crippen LogP contribution is -2.59. The summed E-state index contributed by atoms with van der Waals surface area (Å²) in [6.45, 7) is 13.6. The van der Waals surface area contributed by atoms with Crippen LogP contribution in [-0.4, -0.2) is 26.4 Å². The van der Waals surface area contributed by atoms with E-state index in [-0.39, 0.29) is 11.1 Å². The molecular formula is C15H32N2Si. The molecule has 1 saturated carbocycles. The van der Waals surface area contributed by atoms with Gasteiger partial charge in [-0.1, -0.05) is 32.1 Å². The summed E-state index contributed by atoms with van der Waals surface area (Å²) in [4.78, 5) is 0. The van der Waals surface area contributed by atoms with E-state index in [0.29, 0.717) is 5.79 Å². The molecule has 0 atom stereocenters. The van der Waals surface area contributed by atoms with Crippen LogP contribution in [0.5, 0.6) is 0 Å². The minimum atomic E-state index is 0.185. The van der Waals surface area contributed by atoms with Crippen LogP contribution >= 0.6 is 0 Å². The molecule has 1 aliphatic carbocycles. The zero-order valence-corrected chi connectivity index (χ0v) is 14.2. The molecule has 0 unspecified atom stereocenters. The molecule has 0 saturated heterocycles. The van der Waals surface area contributed by atoms with Gasteiger partial charge < -0.3 is 10.6 Å². The Bertz CT molecular complexity index is 218. The molecule has 1 rings (SSSR count). The van der Waals surface area contributed by atoms with E-state index >= 15 is 0 Å². The van der Waals surface area contributed by atoms with Crippen LogP contribution < -0.4 is 10.6 Å². The van der Waals surface area contributed by atoms with Crippen molar-refractivity contribution in [2.75, 3.05) is 0 Å². The molecule has 1 fully saturated rings. The first kappa shape index (κ1) is 16.2. The van der Waals surface area contributed by atoms with Crippen molar-refractivity contribution in [1.82, 2.24) is 10.6 Å². The molecule has 18 heavy (non-hydrogen) atoms. The van der Waals surface area contributed by atoms with Crippen molar-refractivity contribution in [2.45, 2.75) is 96.1 Å². The van der Waals surface area contributed by atoms with Crippen molar-refractivity contribution in [1.29, 1.82) is 0 Å². The first-order valence-electron chi connectivity index (χ1n) is 7.47. The van der Waals surface area contributed by atoms with Crippen molar-refractivity contribution in [2.24, 2.45) is 0 Å². The summed E-state index contributed by atoms with van der Waals surface area (Å²) >= 11 is 0. The van der Waals surface area contributed by atoms with Gasteiger partial charge >= 0.3 is 0 Å². The van der Waals surface area contributed by atoms with Crippen molar-refractivity contribution in [3.63, 3.8) is 0 Å². The molecule has 0 aromatic rings. The molecule has 0 aliphatic heterocycles. The van der Waals surface area contributed by atoms with Gasteiger partial charge in [0.15, 0.2) is 0 Å². The average Bonchev–Trinajstić information content (AvgIpc) is 2.13. The molecule has 0 amide bonds. The highest BCUT2D eigenvalue weighted by molar-refractivity contribution is 6.39. The zero-order valence-electron chi connectivity index (χ0n) is 13.2. The van der Waals surface area contributed by atoms with Crippen LogP contribution in [0.1, 0.15) is 73.6 Å². The molecule has 0 aromatic carbocycles. The molecule has 0 aromatic heterocycles. The Morgan fingerprint density at radius 2 is 1.28 bits per heavy atom. The first-order chi connectivity index (χ1) is 8.16. The van der Waals surface area contributed by atoms with E-state index in [1.165, 1.54) is 32.1 Å². The van der Waals surface area contributed by atoms with Gasteiger partial charge in [0.1, 0.15) is 0 Å². The maximum Gasteiger partial charge on any atom is 0.0849 e. The third-order valence-electron chi connectivity index (χ3n) is 3.16. The molecule has 3 heteroatoms. The molecule has 0 heterocycles. The summed E-state index contributed by atoms with van der Waals surface area (Å²) in [7, 11) is 0.997. The molecule has 2 radical (unpaired) electrons. The van der Waals surface area contributed by atoms with E-state index < -0.39 is 0 Å². The number of hydrogen-bond acceptors (Lipinski definition) is 2. The molecular weight excluding hydrogens is 236 g/mol. The highest BCUT2D eigenvalue weighted by Gasteiger charge is 2.26. The molecule has 2 nitrogen and oxygen atoms in total. The Hall–Kier alpha value is 0.137. The van der Waals surface area contributed by atoms with E-state index in [9.17, 15) is 0 Å². The van der Waals surface area contributed by atoms with Gasteiger partial charge in [-0.3, -0.25) is 0 Å². The lowest BCUT2D eigenvalue weighted by atomic mass is 10.0. The molecule has 1 aliphatic rings. The van der Waals surface area contributed by atoms with E-state index in [4.69, 9.17) is 0 Å². The van der Waals surface area contributed by atoms with Gasteiger partial charge in [-0.15, -0.1) is 0 Å². The predicted molar refractivity (Wildman–Crippen MR) is 82.2 cm³/mol. The van der Waals surface area contributed by atoms with Gasteiger partial charge in [-0.25, -0.2) is 0 Å². The van der Waals surface area contributed by atoms with Crippen molar-refractivity contribution in [3.05, 3.63) is 0 Å². The minimum Gasteiger partial charge on any atom is -0.300 e. The number of rotatable bonds is 4. The lowest BCUT2D eigenvalue weighted by Gasteiger charge is -2.36. The van der Waals surface area contributed by atoms with Crippen LogP contribution in [0.15, 0.2) is 0 Å². The average molecular weight is 269 g/mol. The maximum absolute atomic E-state index is 3.76. The second-order valence-corrected chi connectivity index (χ2v) is 9.45. The second kappa shape index (κ2) is 6.53. The van der Waals surface area contributed by atoms with Crippen LogP contribution in [0.25, 0.3) is 0 Å². The highest BCUT2D eigenvalue weighted by Crippen LogP contribution is 2.28. The van der Waals surface area contributed by atoms with E-state index in [0.717, 1.165) is 15.1 Å². The van der Waals surface area contributed by atoms with Crippen molar-refractivity contribution in [3.8, 4) is 0 Å². The maximum atomic E-state index is 3.76. The summed E-state index contributed by atoms with van der Waals surface area (Å²) in [6.07, 6.45) is 7.20. The quantitative estimate of drug-likeness (QED) is 0.602. The second-order valence-electron chi connectivity index (χ2n) is 7.72. The monoisotopic (exact) mass is 268 g/mol. The summed E-state index contributed by atoms with van der Waals surface area (Å²) < 4.78 is 0. The summed E-state index contributed by atoms with van der Waals surface area (Å²) in [6, 6.07) is 0. The van der Waals surface area contributed by atoms with Crippen LogP contribution in [0.2, 0.25) is 5.54 Å². The van der Waals surface area contributed by atoms with E-state index in [1.54, 1.807) is 0 Å². The van der Waals surface area contributed by atoms with Crippen LogP contribution in [0.4, 0.5) is 0 Å². The predicted octanol–water partition coefficient (Wildman–Crippen LogP) is 3.50. The molecule has 0 spiro atoms. The van der Waals surface area contributed by atoms with Gasteiger partial charge in [0.2, 0.25) is 0 Å². The van der Waals surface area contributed by atoms with Gasteiger partial charge in [0.25, 0.3) is 0 Å². The Labute approximate surface area is 117 Å². The third kappa shape index (κ3) is 7.55. The minimum absolute atomic E-state index is 0.185. The number of nitrogens with one attached hydrogen (secondary N) is 2. The SMILES string of the molecule is CC(C)(C)NC(NC(C)(C)C)[Si]C1CCCCC1. The van der Waals surface area contributed by atoms with Gasteiger partial charge in [0.05, 0.1) is 9.52 Å². The Balaban J connectivity index is 2.53. The Kier molecular flexibility index (Phi) is 5.88. The van der Waals surface area contributed by atoms with Crippen LogP contribution in [0.3, 0.4) is 0 Å². The largest absolute Gasteiger partial charge is 0.300 e. The van der Waals surface area contributed by atoms with E-state index in [1.807, 2.05) is 0 Å². The summed E-state index contributed by atoms with van der Waals surface area (Å²) in [5.74, 6) is 0.466. The van der Waals surface area contributed by atoms with Gasteiger partial charge in [-0.2, -0.15) is 0 Å². The molecule has 106 valence electrons. The molecule has 0 bridgehead atoms. The normalized spacial score (nSPS) is 19.5. The fraction of sp³-hybridized carbons (Fsp3) is 1.00. The topological polar surface area (TPSA) is 24.1 Å². The Morgan fingerprint density at radius 1 is 0.833 bits per heavy atom. The van der Waals surface area contributed by atoms with E-state index in [2.05, 4.69) is 52.2 Å². The smallest absolute Gasteiger partial charge is 0.0849 e. The number of hydrogen-bond donors (Lipinski definition) is 2. The fourth-order valence-corrected chi connectivity index (χ4v) is 4.74. The third-order valence-corrected chi connectivity index (χ3v) is 4.83. The molecule has 2 N–H and O–H groups in total. The van der Waals surface area contributed by atoms with Crippen molar-refractivity contribution >= 4 is 9.52 Å². The lowest BCUT2D eigenvalue weighted by molar-refractivity contribution is 0.312. The van der Waals surface area contributed by atoms with Crippen molar-refractivity contribution < 1.29 is 0 Å². The summed E-state index contributed by atoms with van der Waals surface area (Å²) in [5.41, 5.74) is 1.31. The standard InChI is InChI=1S/C15H32N2Si/c1-14(2,3)16-13(17-15(4,5)6)18-12-10-8-7-9-11-12/h12-13,16-17H,7-11H2,1-6H3. The van der Waals surface area contributed by atoms with Crippen LogP contribution in [0, 0.1) is 0 Å². The van der Waals surface area contributed by atoms with Crippen LogP contribution in [-0.2, 0) is 0 Å². The zero-order chi connectivity index (χ0) is 13.8. The first-order valence-corrected chi connectivity index (χ1v) is 8.63. The van der Waals surface area contributed by atoms with Gasteiger partial charge in [-0.05, 0) is 47.1 Å². The fourth-order valence-electron chi connectivity index (χ4n) is 2.49. The Morgan fingerprint density at radius 3 is 1.67 bits per heavy atom. The summed E-state index contributed by atoms with van der Waals surface area (Å²) in [5, 5.41) is 7.52. The van der Waals surface area contributed by atoms with Gasteiger partial charge in [0, 0.05) is 16.9 Å².